The van der Waals surface area contributed by atoms with Gasteiger partial charge >= 0.3 is 0 Å². The minimum atomic E-state index is 0.125. The molecule has 4 bridgehead atoms. The molecule has 5 rings (SSSR count). The third kappa shape index (κ3) is 3.21. The van der Waals surface area contributed by atoms with Crippen LogP contribution in [0.1, 0.15) is 31.7 Å². The Morgan fingerprint density at radius 3 is 2.14 bits per heavy atom. The zero-order valence-corrected chi connectivity index (χ0v) is 15.5. The van der Waals surface area contributed by atoms with Gasteiger partial charge in [-0.1, -0.05) is 23.6 Å². The van der Waals surface area contributed by atoms with Gasteiger partial charge in [-0.15, -0.1) is 35.3 Å². The van der Waals surface area contributed by atoms with Gasteiger partial charge in [0.1, 0.15) is 0 Å². The molecule has 4 heterocycles. The molecule has 1 aromatic carbocycles. The van der Waals surface area contributed by atoms with Crippen LogP contribution in [0.4, 0.5) is 0 Å². The van der Waals surface area contributed by atoms with Crippen LogP contribution in [0.3, 0.4) is 0 Å². The lowest BCUT2D eigenvalue weighted by Gasteiger charge is -2.53. The summed E-state index contributed by atoms with van der Waals surface area (Å²) in [7, 11) is 0. The first-order valence-electron chi connectivity index (χ1n) is 7.38. The van der Waals surface area contributed by atoms with Crippen LogP contribution in [-0.4, -0.2) is 18.9 Å². The molecule has 4 aliphatic heterocycles. The van der Waals surface area contributed by atoms with E-state index in [0.29, 0.717) is 0 Å². The Balaban J connectivity index is 1.52. The highest BCUT2D eigenvalue weighted by atomic mass is 32.3. The molecule has 114 valence electrons. The van der Waals surface area contributed by atoms with Gasteiger partial charge in [-0.2, -0.15) is 0 Å². The summed E-state index contributed by atoms with van der Waals surface area (Å²) in [6.07, 6.45) is 3.75. The summed E-state index contributed by atoms with van der Waals surface area (Å²) in [4.78, 5) is 12.1. The molecule has 0 aromatic heterocycles. The normalized spacial score (nSPS) is 35.0. The second-order valence-corrected chi connectivity index (χ2v) is 12.3. The van der Waals surface area contributed by atoms with Crippen molar-refractivity contribution in [3.63, 3.8) is 0 Å². The summed E-state index contributed by atoms with van der Waals surface area (Å²) in [5.41, 5.74) is 1.32. The molecular formula is C17H16OS4. The van der Waals surface area contributed by atoms with E-state index < -0.39 is 0 Å². The number of carbonyl (C=O) groups excluding carboxylic acids is 1. The van der Waals surface area contributed by atoms with Crippen LogP contribution in [0, 0.1) is 17.3 Å². The maximum atomic E-state index is 11.1. The van der Waals surface area contributed by atoms with Crippen LogP contribution < -0.4 is 0 Å². The zero-order valence-electron chi connectivity index (χ0n) is 12.2. The summed E-state index contributed by atoms with van der Waals surface area (Å²) in [5.74, 6) is 7.05. The molecule has 4 fully saturated rings. The second kappa shape index (κ2) is 6.05. The first-order chi connectivity index (χ1) is 10.6. The van der Waals surface area contributed by atoms with Gasteiger partial charge in [-0.05, 0) is 43.5 Å². The van der Waals surface area contributed by atoms with Crippen LogP contribution in [0.25, 0.3) is 0 Å². The predicted molar refractivity (Wildman–Crippen MR) is 100 cm³/mol. The molecule has 0 N–H and O–H groups in total. The number of hydrogen-bond donors (Lipinski definition) is 0. The SMILES string of the molecule is CC(=O)Sc1ccc(C#CC23CC4SC(C2)SC(C3)S4)cc1. The van der Waals surface area contributed by atoms with E-state index in [0.717, 1.165) is 24.2 Å². The fraction of sp³-hybridized carbons (Fsp3) is 0.471. The molecule has 1 nitrogen and oxygen atoms in total. The molecule has 0 saturated carbocycles. The Hall–Kier alpha value is -0.150. The van der Waals surface area contributed by atoms with Crippen molar-refractivity contribution in [3.8, 4) is 11.8 Å². The van der Waals surface area contributed by atoms with Gasteiger partial charge in [0.05, 0.1) is 13.7 Å². The van der Waals surface area contributed by atoms with Crippen molar-refractivity contribution in [2.24, 2.45) is 5.41 Å². The third-order valence-electron chi connectivity index (χ3n) is 4.17. The van der Waals surface area contributed by atoms with Gasteiger partial charge in [0.25, 0.3) is 0 Å². The van der Waals surface area contributed by atoms with E-state index in [9.17, 15) is 4.79 Å². The Morgan fingerprint density at radius 2 is 1.64 bits per heavy atom. The van der Waals surface area contributed by atoms with Gasteiger partial charge in [0, 0.05) is 22.8 Å². The largest absolute Gasteiger partial charge is 0.287 e. The summed E-state index contributed by atoms with van der Waals surface area (Å²) in [6.45, 7) is 1.60. The topological polar surface area (TPSA) is 17.1 Å². The fourth-order valence-electron chi connectivity index (χ4n) is 3.23. The molecule has 0 aliphatic carbocycles. The van der Waals surface area contributed by atoms with E-state index in [1.807, 2.05) is 24.3 Å². The Bertz CT molecular complexity index is 620. The summed E-state index contributed by atoms with van der Waals surface area (Å²) >= 11 is 7.75. The molecule has 0 atom stereocenters. The van der Waals surface area contributed by atoms with Crippen molar-refractivity contribution in [2.45, 2.75) is 44.8 Å². The number of rotatable bonds is 1. The highest BCUT2D eigenvalue weighted by molar-refractivity contribution is 8.33. The number of hydrogen-bond acceptors (Lipinski definition) is 5. The lowest BCUT2D eigenvalue weighted by molar-refractivity contribution is -0.109. The van der Waals surface area contributed by atoms with Crippen LogP contribution in [0.5, 0.6) is 0 Å². The maximum absolute atomic E-state index is 11.1. The average molecular weight is 365 g/mol. The van der Waals surface area contributed by atoms with Crippen molar-refractivity contribution in [1.82, 2.24) is 0 Å². The zero-order chi connectivity index (χ0) is 15.2. The van der Waals surface area contributed by atoms with Gasteiger partial charge in [0.15, 0.2) is 5.12 Å². The Kier molecular flexibility index (Phi) is 4.23. The molecule has 22 heavy (non-hydrogen) atoms. The van der Waals surface area contributed by atoms with Gasteiger partial charge < -0.3 is 0 Å². The van der Waals surface area contributed by atoms with Crippen LogP contribution in [0.2, 0.25) is 0 Å². The molecule has 4 aliphatic rings. The number of thioether (sulfide) groups is 4. The number of carbonyl (C=O) groups is 1. The van der Waals surface area contributed by atoms with E-state index in [4.69, 9.17) is 0 Å². The average Bonchev–Trinajstić information content (AvgIpc) is 2.44. The monoisotopic (exact) mass is 364 g/mol. The van der Waals surface area contributed by atoms with E-state index >= 15 is 0 Å². The lowest BCUT2D eigenvalue weighted by Crippen LogP contribution is -2.43. The van der Waals surface area contributed by atoms with E-state index in [1.54, 1.807) is 6.92 Å². The summed E-state index contributed by atoms with van der Waals surface area (Å²) < 4.78 is 2.30. The lowest BCUT2D eigenvalue weighted by atomic mass is 9.79. The van der Waals surface area contributed by atoms with Gasteiger partial charge in [0.2, 0.25) is 0 Å². The van der Waals surface area contributed by atoms with Crippen LogP contribution in [0.15, 0.2) is 29.2 Å². The van der Waals surface area contributed by atoms with Gasteiger partial charge in [-0.25, -0.2) is 0 Å². The van der Waals surface area contributed by atoms with Crippen molar-refractivity contribution >= 4 is 52.2 Å². The highest BCUT2D eigenvalue weighted by Gasteiger charge is 2.52. The summed E-state index contributed by atoms with van der Waals surface area (Å²) in [5, 5.41) is 0.125. The first kappa shape index (κ1) is 15.4. The minimum Gasteiger partial charge on any atom is -0.287 e. The van der Waals surface area contributed by atoms with Crippen molar-refractivity contribution in [3.05, 3.63) is 29.8 Å². The predicted octanol–water partition coefficient (Wildman–Crippen LogP) is 5.05. The molecule has 0 radical (unpaired) electrons. The first-order valence-corrected chi connectivity index (χ1v) is 11.0. The van der Waals surface area contributed by atoms with Crippen LogP contribution in [-0.2, 0) is 4.79 Å². The van der Waals surface area contributed by atoms with E-state index in [-0.39, 0.29) is 10.5 Å². The molecule has 0 amide bonds. The van der Waals surface area contributed by atoms with Crippen molar-refractivity contribution in [1.29, 1.82) is 0 Å². The van der Waals surface area contributed by atoms with Crippen LogP contribution >= 0.6 is 47.0 Å². The highest BCUT2D eigenvalue weighted by Crippen LogP contribution is 2.66. The van der Waals surface area contributed by atoms with E-state index in [1.165, 1.54) is 31.0 Å². The van der Waals surface area contributed by atoms with Crippen molar-refractivity contribution in [2.75, 3.05) is 0 Å². The quantitative estimate of drug-likeness (QED) is 0.511. The fourth-order valence-corrected chi connectivity index (χ4v) is 11.2. The molecule has 5 heteroatoms. The molecule has 0 spiro atoms. The molecule has 0 unspecified atom stereocenters. The Labute approximate surface area is 148 Å². The van der Waals surface area contributed by atoms with Crippen molar-refractivity contribution < 1.29 is 4.79 Å². The van der Waals surface area contributed by atoms with Gasteiger partial charge in [-0.3, -0.25) is 4.79 Å². The third-order valence-corrected chi connectivity index (χ3v) is 9.79. The molecular weight excluding hydrogens is 348 g/mol. The maximum Gasteiger partial charge on any atom is 0.190 e. The van der Waals surface area contributed by atoms with E-state index in [2.05, 4.69) is 47.1 Å². The summed E-state index contributed by atoms with van der Waals surface area (Å²) in [6, 6.07) is 8.07. The molecule has 4 saturated heterocycles. The number of benzene rings is 1. The smallest absolute Gasteiger partial charge is 0.190 e. The molecule has 1 aromatic rings. The second-order valence-electron chi connectivity index (χ2n) is 5.96. The minimum absolute atomic E-state index is 0.125. The standard InChI is InChI=1S/C17H16OS4/c1-11(18)19-13-4-2-12(3-5-13)6-7-17-8-14-20-15(9-17)22-16(10-17)21-14/h2-5,14-16H,8-10H2,1H3. The Morgan fingerprint density at radius 1 is 1.09 bits per heavy atom.